The van der Waals surface area contributed by atoms with Crippen molar-refractivity contribution in [2.24, 2.45) is 4.40 Å². The first-order valence-corrected chi connectivity index (χ1v) is 7.49. The monoisotopic (exact) mass is 294 g/mol. The minimum atomic E-state index is -1.49. The standard InChI is InChI=1S/C17H14N2OS/c1-14-7-9-17(10-8-14)21(20)19-13-16(12-18)11-15-5-3-2-4-6-15/h2-11,13H,1H3/b16-11+,19-13+. The molecule has 0 spiro atoms. The number of allylic oxidation sites excluding steroid dienone is 1. The Morgan fingerprint density at radius 1 is 1.14 bits per heavy atom. The molecule has 1 atom stereocenters. The van der Waals surface area contributed by atoms with Gasteiger partial charge in [0.15, 0.2) is 11.0 Å². The summed E-state index contributed by atoms with van der Waals surface area (Å²) in [6.45, 7) is 1.96. The average molecular weight is 294 g/mol. The predicted octanol–water partition coefficient (Wildman–Crippen LogP) is 3.70. The summed E-state index contributed by atoms with van der Waals surface area (Å²) in [6, 6.07) is 18.8. The van der Waals surface area contributed by atoms with Crippen LogP contribution in [-0.4, -0.2) is 10.4 Å². The van der Waals surface area contributed by atoms with Gasteiger partial charge in [-0.1, -0.05) is 48.0 Å². The molecule has 0 saturated heterocycles. The molecule has 4 heteroatoms. The lowest BCUT2D eigenvalue weighted by Gasteiger charge is -1.97. The Hall–Kier alpha value is -2.51. The third-order valence-electron chi connectivity index (χ3n) is 2.76. The Morgan fingerprint density at radius 3 is 2.43 bits per heavy atom. The lowest BCUT2D eigenvalue weighted by Crippen LogP contribution is -1.89. The van der Waals surface area contributed by atoms with Gasteiger partial charge in [-0.2, -0.15) is 9.66 Å². The van der Waals surface area contributed by atoms with Gasteiger partial charge in [0.25, 0.3) is 0 Å². The van der Waals surface area contributed by atoms with Crippen LogP contribution in [0.4, 0.5) is 0 Å². The molecule has 0 aromatic heterocycles. The normalized spacial score (nSPS) is 13.0. The Labute approximate surface area is 126 Å². The van der Waals surface area contributed by atoms with Crippen LogP contribution < -0.4 is 0 Å². The lowest BCUT2D eigenvalue weighted by atomic mass is 10.1. The second-order valence-electron chi connectivity index (χ2n) is 4.42. The van der Waals surface area contributed by atoms with Gasteiger partial charge in [-0.25, -0.2) is 4.21 Å². The van der Waals surface area contributed by atoms with Gasteiger partial charge in [0.2, 0.25) is 0 Å². The fourth-order valence-electron chi connectivity index (χ4n) is 1.65. The van der Waals surface area contributed by atoms with Gasteiger partial charge in [-0.15, -0.1) is 0 Å². The Kier molecular flexibility index (Phi) is 5.19. The number of hydrogen-bond acceptors (Lipinski definition) is 2. The summed E-state index contributed by atoms with van der Waals surface area (Å²) in [6.07, 6.45) is 3.05. The van der Waals surface area contributed by atoms with E-state index in [1.807, 2.05) is 55.5 Å². The highest BCUT2D eigenvalue weighted by Crippen LogP contribution is 2.10. The summed E-state index contributed by atoms with van der Waals surface area (Å²) in [5.74, 6) is 0. The molecular formula is C17H14N2OS. The van der Waals surface area contributed by atoms with Crippen LogP contribution in [0.15, 0.2) is 69.5 Å². The number of rotatable bonds is 4. The first-order valence-electron chi connectivity index (χ1n) is 6.38. The van der Waals surface area contributed by atoms with E-state index in [9.17, 15) is 4.21 Å². The predicted molar refractivity (Wildman–Crippen MR) is 86.1 cm³/mol. The van der Waals surface area contributed by atoms with Gasteiger partial charge < -0.3 is 0 Å². The van der Waals surface area contributed by atoms with Crippen molar-refractivity contribution in [2.75, 3.05) is 0 Å². The van der Waals surface area contributed by atoms with E-state index >= 15 is 0 Å². The van der Waals surface area contributed by atoms with E-state index in [0.29, 0.717) is 10.5 Å². The van der Waals surface area contributed by atoms with Crippen molar-refractivity contribution in [3.8, 4) is 6.07 Å². The maximum Gasteiger partial charge on any atom is 0.172 e. The van der Waals surface area contributed by atoms with Crippen LogP contribution in [0.25, 0.3) is 6.08 Å². The molecule has 3 nitrogen and oxygen atoms in total. The van der Waals surface area contributed by atoms with E-state index in [-0.39, 0.29) is 0 Å². The number of nitrogens with zero attached hydrogens (tertiary/aromatic N) is 2. The summed E-state index contributed by atoms with van der Waals surface area (Å²) in [5.41, 5.74) is 2.37. The summed E-state index contributed by atoms with van der Waals surface area (Å²) in [4.78, 5) is 0.619. The SMILES string of the molecule is Cc1ccc(S(=O)/N=C/C(C#N)=C/c2ccccc2)cc1. The van der Waals surface area contributed by atoms with Crippen molar-refractivity contribution in [3.05, 3.63) is 71.3 Å². The second kappa shape index (κ2) is 7.32. The second-order valence-corrected chi connectivity index (χ2v) is 5.60. The van der Waals surface area contributed by atoms with Gasteiger partial charge in [0, 0.05) is 0 Å². The number of benzene rings is 2. The Morgan fingerprint density at radius 2 is 1.81 bits per heavy atom. The molecule has 0 heterocycles. The van der Waals surface area contributed by atoms with Crippen LogP contribution in [0.5, 0.6) is 0 Å². The van der Waals surface area contributed by atoms with Crippen LogP contribution in [0.1, 0.15) is 11.1 Å². The molecular weight excluding hydrogens is 280 g/mol. The molecule has 0 aliphatic carbocycles. The molecule has 0 aliphatic rings. The lowest BCUT2D eigenvalue weighted by molar-refractivity contribution is 0.684. The van der Waals surface area contributed by atoms with Crippen molar-refractivity contribution in [1.29, 1.82) is 5.26 Å². The van der Waals surface area contributed by atoms with E-state index in [1.54, 1.807) is 18.2 Å². The van der Waals surface area contributed by atoms with Crippen molar-refractivity contribution in [1.82, 2.24) is 0 Å². The molecule has 0 N–H and O–H groups in total. The third kappa shape index (κ3) is 4.51. The minimum Gasteiger partial charge on any atom is -0.229 e. The minimum absolute atomic E-state index is 0.363. The molecule has 2 rings (SSSR count). The molecule has 0 bridgehead atoms. The van der Waals surface area contributed by atoms with Crippen LogP contribution in [0.2, 0.25) is 0 Å². The first-order chi connectivity index (χ1) is 10.2. The fraction of sp³-hybridized carbons (Fsp3) is 0.0588. The van der Waals surface area contributed by atoms with Gasteiger partial charge >= 0.3 is 0 Å². The van der Waals surface area contributed by atoms with Gasteiger partial charge in [0.05, 0.1) is 16.7 Å². The molecule has 1 unspecified atom stereocenters. The molecule has 0 radical (unpaired) electrons. The summed E-state index contributed by atoms with van der Waals surface area (Å²) in [7, 11) is -1.49. The topological polar surface area (TPSA) is 53.2 Å². The molecule has 0 fully saturated rings. The van der Waals surface area contributed by atoms with Gasteiger partial charge in [0.1, 0.15) is 6.07 Å². The number of hydrogen-bond donors (Lipinski definition) is 0. The largest absolute Gasteiger partial charge is 0.229 e. The third-order valence-corrected chi connectivity index (χ3v) is 3.73. The van der Waals surface area contributed by atoms with Crippen molar-refractivity contribution in [2.45, 2.75) is 11.8 Å². The van der Waals surface area contributed by atoms with Crippen LogP contribution in [0.3, 0.4) is 0 Å². The summed E-state index contributed by atoms with van der Waals surface area (Å²) in [5, 5.41) is 9.10. The number of nitriles is 1. The van der Waals surface area contributed by atoms with Crippen LogP contribution in [-0.2, 0) is 11.0 Å². The van der Waals surface area contributed by atoms with Crippen molar-refractivity contribution in [3.63, 3.8) is 0 Å². The van der Waals surface area contributed by atoms with Gasteiger partial charge in [-0.05, 0) is 30.7 Å². The molecule has 2 aromatic rings. The smallest absolute Gasteiger partial charge is 0.172 e. The zero-order valence-electron chi connectivity index (χ0n) is 11.6. The zero-order chi connectivity index (χ0) is 15.1. The van der Waals surface area contributed by atoms with E-state index in [2.05, 4.69) is 4.40 Å². The quantitative estimate of drug-likeness (QED) is 0.638. The summed E-state index contributed by atoms with van der Waals surface area (Å²) < 4.78 is 16.0. The highest BCUT2D eigenvalue weighted by atomic mass is 32.2. The van der Waals surface area contributed by atoms with Crippen molar-refractivity contribution >= 4 is 23.3 Å². The Balaban J connectivity index is 2.15. The van der Waals surface area contributed by atoms with Crippen LogP contribution >= 0.6 is 0 Å². The molecule has 2 aromatic carbocycles. The number of aryl methyl sites for hydroxylation is 1. The summed E-state index contributed by atoms with van der Waals surface area (Å²) >= 11 is 0. The zero-order valence-corrected chi connectivity index (χ0v) is 12.4. The molecule has 0 amide bonds. The maximum atomic E-state index is 12.0. The fourth-order valence-corrected chi connectivity index (χ4v) is 2.35. The molecule has 104 valence electrons. The van der Waals surface area contributed by atoms with E-state index < -0.39 is 11.0 Å². The molecule has 21 heavy (non-hydrogen) atoms. The van der Waals surface area contributed by atoms with E-state index in [4.69, 9.17) is 5.26 Å². The van der Waals surface area contributed by atoms with Crippen molar-refractivity contribution < 1.29 is 4.21 Å². The molecule has 0 aliphatic heterocycles. The highest BCUT2D eigenvalue weighted by Gasteiger charge is 2.00. The van der Waals surface area contributed by atoms with E-state index in [0.717, 1.165) is 11.1 Å². The molecule has 0 saturated carbocycles. The maximum absolute atomic E-state index is 12.0. The van der Waals surface area contributed by atoms with E-state index in [1.165, 1.54) is 6.21 Å². The Bertz CT molecular complexity index is 726. The highest BCUT2D eigenvalue weighted by molar-refractivity contribution is 7.83. The first kappa shape index (κ1) is 14.9. The van der Waals surface area contributed by atoms with Crippen LogP contribution in [0, 0.1) is 18.3 Å². The van der Waals surface area contributed by atoms with Gasteiger partial charge in [-0.3, -0.25) is 0 Å². The average Bonchev–Trinajstić information content (AvgIpc) is 2.52.